The predicted molar refractivity (Wildman–Crippen MR) is 78.9 cm³/mol. The van der Waals surface area contributed by atoms with Gasteiger partial charge in [0.25, 0.3) is 0 Å². The van der Waals surface area contributed by atoms with Crippen molar-refractivity contribution in [1.29, 1.82) is 0 Å². The monoisotopic (exact) mass is 296 g/mol. The topological polar surface area (TPSA) is 78.4 Å². The molecule has 0 aliphatic rings. The highest BCUT2D eigenvalue weighted by Crippen LogP contribution is 2.16. The Bertz CT molecular complexity index is 530. The quantitative estimate of drug-likeness (QED) is 0.754. The minimum absolute atomic E-state index is 0.0346. The number of hydrogen-bond donors (Lipinski definition) is 3. The molecule has 21 heavy (non-hydrogen) atoms. The molecule has 6 heteroatoms. The zero-order chi connectivity index (χ0) is 16.0. The lowest BCUT2D eigenvalue weighted by Crippen LogP contribution is -2.45. The van der Waals surface area contributed by atoms with Gasteiger partial charge in [-0.1, -0.05) is 13.0 Å². The Kier molecular flexibility index (Phi) is 5.69. The summed E-state index contributed by atoms with van der Waals surface area (Å²) >= 11 is 0. The van der Waals surface area contributed by atoms with Gasteiger partial charge in [-0.25, -0.2) is 9.18 Å². The van der Waals surface area contributed by atoms with Crippen LogP contribution in [0.5, 0.6) is 0 Å². The van der Waals surface area contributed by atoms with Gasteiger partial charge in [-0.2, -0.15) is 0 Å². The normalized spacial score (nSPS) is 11.0. The average Bonchev–Trinajstić information content (AvgIpc) is 2.36. The number of carboxylic acid groups (broad SMARTS) is 1. The van der Waals surface area contributed by atoms with E-state index in [1.54, 1.807) is 26.0 Å². The van der Waals surface area contributed by atoms with Gasteiger partial charge in [0.2, 0.25) is 0 Å². The molecule has 116 valence electrons. The van der Waals surface area contributed by atoms with Crippen molar-refractivity contribution in [2.45, 2.75) is 45.6 Å². The van der Waals surface area contributed by atoms with E-state index in [-0.39, 0.29) is 12.2 Å². The van der Waals surface area contributed by atoms with E-state index in [4.69, 9.17) is 5.11 Å². The molecule has 1 rings (SSSR count). The summed E-state index contributed by atoms with van der Waals surface area (Å²) in [6.45, 7) is 5.32. The number of carbonyl (C=O) groups excluding carboxylic acids is 1. The van der Waals surface area contributed by atoms with Crippen LogP contribution in [0.3, 0.4) is 0 Å². The first-order valence-electron chi connectivity index (χ1n) is 6.83. The molecule has 1 aromatic rings. The maximum atomic E-state index is 13.6. The summed E-state index contributed by atoms with van der Waals surface area (Å²) < 4.78 is 13.6. The Morgan fingerprint density at radius 2 is 2.00 bits per heavy atom. The number of hydrogen-bond acceptors (Lipinski definition) is 2. The molecule has 0 aliphatic carbocycles. The average molecular weight is 296 g/mol. The number of carbonyl (C=O) groups is 2. The van der Waals surface area contributed by atoms with Crippen LogP contribution >= 0.6 is 0 Å². The van der Waals surface area contributed by atoms with E-state index >= 15 is 0 Å². The van der Waals surface area contributed by atoms with Gasteiger partial charge in [-0.05, 0) is 44.4 Å². The molecule has 0 bridgehead atoms. The van der Waals surface area contributed by atoms with Crippen LogP contribution in [0.1, 0.15) is 39.2 Å². The molecule has 0 heterocycles. The zero-order valence-electron chi connectivity index (χ0n) is 12.5. The van der Waals surface area contributed by atoms with E-state index < -0.39 is 17.5 Å². The highest BCUT2D eigenvalue weighted by molar-refractivity contribution is 5.89. The maximum Gasteiger partial charge on any atom is 0.319 e. The van der Waals surface area contributed by atoms with Gasteiger partial charge in [0.1, 0.15) is 5.82 Å². The SMILES string of the molecule is CCc1ccc(NC(=O)NC(C)(C)CCC(=O)O)cc1F. The number of halogens is 1. The summed E-state index contributed by atoms with van der Waals surface area (Å²) in [6, 6.07) is 4.03. The Balaban J connectivity index is 2.60. The summed E-state index contributed by atoms with van der Waals surface area (Å²) in [5, 5.41) is 13.9. The Labute approximate surface area is 123 Å². The number of aliphatic carboxylic acids is 1. The summed E-state index contributed by atoms with van der Waals surface area (Å²) in [5.41, 5.74) is 0.281. The van der Waals surface area contributed by atoms with Crippen molar-refractivity contribution in [1.82, 2.24) is 5.32 Å². The molecule has 1 aromatic carbocycles. The first-order valence-corrected chi connectivity index (χ1v) is 6.83. The summed E-state index contributed by atoms with van der Waals surface area (Å²) in [7, 11) is 0. The lowest BCUT2D eigenvalue weighted by Gasteiger charge is -2.25. The van der Waals surface area contributed by atoms with Crippen LogP contribution in [0.2, 0.25) is 0 Å². The fraction of sp³-hybridized carbons (Fsp3) is 0.467. The molecular weight excluding hydrogens is 275 g/mol. The number of urea groups is 1. The van der Waals surface area contributed by atoms with Crippen LogP contribution in [0.4, 0.5) is 14.9 Å². The summed E-state index contributed by atoms with van der Waals surface area (Å²) in [5.74, 6) is -1.28. The highest BCUT2D eigenvalue weighted by Gasteiger charge is 2.21. The highest BCUT2D eigenvalue weighted by atomic mass is 19.1. The molecule has 0 saturated carbocycles. The third-order valence-corrected chi connectivity index (χ3v) is 3.11. The second kappa shape index (κ2) is 7.06. The predicted octanol–water partition coefficient (Wildman–Crippen LogP) is 3.15. The van der Waals surface area contributed by atoms with E-state index in [0.717, 1.165) is 0 Å². The first-order chi connectivity index (χ1) is 9.73. The molecular formula is C15H21FN2O3. The van der Waals surface area contributed by atoms with Gasteiger partial charge in [0.15, 0.2) is 0 Å². The standard InChI is InChI=1S/C15H21FN2O3/c1-4-10-5-6-11(9-12(10)16)17-14(21)18-15(2,3)8-7-13(19)20/h5-6,9H,4,7-8H2,1-3H3,(H,19,20)(H2,17,18,21). The first kappa shape index (κ1) is 16.9. The lowest BCUT2D eigenvalue weighted by molar-refractivity contribution is -0.137. The van der Waals surface area contributed by atoms with Gasteiger partial charge >= 0.3 is 12.0 Å². The third kappa shape index (κ3) is 5.81. The number of nitrogens with one attached hydrogen (secondary N) is 2. The molecule has 0 saturated heterocycles. The van der Waals surface area contributed by atoms with Gasteiger partial charge in [-0.3, -0.25) is 4.79 Å². The Morgan fingerprint density at radius 1 is 1.33 bits per heavy atom. The van der Waals surface area contributed by atoms with E-state index in [9.17, 15) is 14.0 Å². The van der Waals surface area contributed by atoms with Crippen LogP contribution < -0.4 is 10.6 Å². The molecule has 0 radical (unpaired) electrons. The second-order valence-corrected chi connectivity index (χ2v) is 5.52. The fourth-order valence-electron chi connectivity index (χ4n) is 1.86. The fourth-order valence-corrected chi connectivity index (χ4v) is 1.86. The van der Waals surface area contributed by atoms with E-state index in [0.29, 0.717) is 24.1 Å². The van der Waals surface area contributed by atoms with Crippen LogP contribution in [-0.2, 0) is 11.2 Å². The van der Waals surface area contributed by atoms with E-state index in [2.05, 4.69) is 10.6 Å². The third-order valence-electron chi connectivity index (χ3n) is 3.11. The molecule has 0 fully saturated rings. The molecule has 0 aliphatic heterocycles. The van der Waals surface area contributed by atoms with E-state index in [1.807, 2.05) is 6.92 Å². The molecule has 5 nitrogen and oxygen atoms in total. The van der Waals surface area contributed by atoms with Crippen LogP contribution in [0.25, 0.3) is 0 Å². The molecule has 0 aromatic heterocycles. The van der Waals surface area contributed by atoms with Gasteiger partial charge in [0, 0.05) is 17.6 Å². The van der Waals surface area contributed by atoms with Crippen molar-refractivity contribution < 1.29 is 19.1 Å². The number of rotatable bonds is 6. The molecule has 0 spiro atoms. The number of aryl methyl sites for hydroxylation is 1. The van der Waals surface area contributed by atoms with Crippen molar-refractivity contribution in [3.8, 4) is 0 Å². The molecule has 0 atom stereocenters. The van der Waals surface area contributed by atoms with E-state index in [1.165, 1.54) is 6.07 Å². The largest absolute Gasteiger partial charge is 0.481 e. The van der Waals surface area contributed by atoms with Gasteiger partial charge in [-0.15, -0.1) is 0 Å². The van der Waals surface area contributed by atoms with Crippen LogP contribution in [0, 0.1) is 5.82 Å². The summed E-state index contributed by atoms with van der Waals surface area (Å²) in [6.07, 6.45) is 0.854. The number of anilines is 1. The maximum absolute atomic E-state index is 13.6. The van der Waals surface area contributed by atoms with Crippen molar-refractivity contribution >= 4 is 17.7 Å². The van der Waals surface area contributed by atoms with Crippen molar-refractivity contribution in [2.75, 3.05) is 5.32 Å². The van der Waals surface area contributed by atoms with Crippen molar-refractivity contribution in [3.63, 3.8) is 0 Å². The van der Waals surface area contributed by atoms with Crippen molar-refractivity contribution in [2.24, 2.45) is 0 Å². The number of amides is 2. The second-order valence-electron chi connectivity index (χ2n) is 5.52. The smallest absolute Gasteiger partial charge is 0.319 e. The van der Waals surface area contributed by atoms with Crippen LogP contribution in [-0.4, -0.2) is 22.6 Å². The Hall–Kier alpha value is -2.11. The summed E-state index contributed by atoms with van der Waals surface area (Å²) in [4.78, 5) is 22.4. The zero-order valence-corrected chi connectivity index (χ0v) is 12.5. The Morgan fingerprint density at radius 3 is 2.52 bits per heavy atom. The van der Waals surface area contributed by atoms with Gasteiger partial charge in [0.05, 0.1) is 0 Å². The minimum atomic E-state index is -0.914. The van der Waals surface area contributed by atoms with Crippen molar-refractivity contribution in [3.05, 3.63) is 29.6 Å². The van der Waals surface area contributed by atoms with Gasteiger partial charge < -0.3 is 15.7 Å². The molecule has 0 unspecified atom stereocenters. The van der Waals surface area contributed by atoms with Crippen LogP contribution in [0.15, 0.2) is 18.2 Å². The molecule has 2 amide bonds. The molecule has 3 N–H and O–H groups in total. The number of benzene rings is 1. The lowest BCUT2D eigenvalue weighted by atomic mass is 9.99. The number of carboxylic acids is 1. The minimum Gasteiger partial charge on any atom is -0.481 e.